The normalized spacial score (nSPS) is 22.9. The summed E-state index contributed by atoms with van der Waals surface area (Å²) in [4.78, 5) is 0. The van der Waals surface area contributed by atoms with Crippen molar-refractivity contribution in [2.45, 2.75) is 113 Å². The van der Waals surface area contributed by atoms with Crippen LogP contribution in [-0.4, -0.2) is 11.3 Å². The number of hydrogen-bond acceptors (Lipinski definition) is 0. The van der Waals surface area contributed by atoms with Crippen LogP contribution in [-0.2, 0) is 0 Å². The molecule has 0 aromatic heterocycles. The zero-order valence-electron chi connectivity index (χ0n) is 18.2. The van der Waals surface area contributed by atoms with Gasteiger partial charge in [0.05, 0.1) is 0 Å². The third-order valence-corrected chi connectivity index (χ3v) is 9.16. The molecule has 24 heavy (non-hydrogen) atoms. The van der Waals surface area contributed by atoms with Crippen LogP contribution in [0.2, 0.25) is 0 Å². The zero-order chi connectivity index (χ0) is 19.4. The molecule has 0 aromatic rings. The molecule has 144 valence electrons. The summed E-state index contributed by atoms with van der Waals surface area (Å²) in [5.41, 5.74) is -5.23. The highest BCUT2D eigenvalue weighted by molar-refractivity contribution is 5.14. The average molecular weight is 345 g/mol. The van der Waals surface area contributed by atoms with Gasteiger partial charge in [-0.3, -0.25) is 0 Å². The van der Waals surface area contributed by atoms with Crippen LogP contribution >= 0.6 is 0 Å². The topological polar surface area (TPSA) is 0 Å². The molecule has 2 heteroatoms. The largest absolute Gasteiger partial charge is 0.244 e. The van der Waals surface area contributed by atoms with E-state index < -0.39 is 27.6 Å². The summed E-state index contributed by atoms with van der Waals surface area (Å²) in [6.45, 7) is 21.6. The van der Waals surface area contributed by atoms with Gasteiger partial charge in [0.2, 0.25) is 0 Å². The highest BCUT2D eigenvalue weighted by atomic mass is 19.1. The van der Waals surface area contributed by atoms with Gasteiger partial charge in [0, 0.05) is 16.2 Å². The predicted molar refractivity (Wildman–Crippen MR) is 102 cm³/mol. The van der Waals surface area contributed by atoms with E-state index in [0.717, 1.165) is 19.3 Å². The molecule has 0 aliphatic heterocycles. The molecule has 0 spiro atoms. The zero-order valence-corrected chi connectivity index (χ0v) is 18.2. The third-order valence-electron chi connectivity index (χ3n) is 9.16. The van der Waals surface area contributed by atoms with Gasteiger partial charge in [0.1, 0.15) is 11.3 Å². The third kappa shape index (κ3) is 3.05. The molecule has 2 unspecified atom stereocenters. The Morgan fingerprint density at radius 1 is 0.708 bits per heavy atom. The van der Waals surface area contributed by atoms with E-state index in [2.05, 4.69) is 20.8 Å². The molecule has 1 aliphatic carbocycles. The molecule has 1 fully saturated rings. The van der Waals surface area contributed by atoms with Gasteiger partial charge in [-0.2, -0.15) is 0 Å². The van der Waals surface area contributed by atoms with Crippen molar-refractivity contribution in [1.82, 2.24) is 0 Å². The van der Waals surface area contributed by atoms with Gasteiger partial charge in [-0.05, 0) is 31.6 Å². The number of hydrogen-bond donors (Lipinski definition) is 0. The maximum absolute atomic E-state index is 16.5. The second-order valence-corrected chi connectivity index (χ2v) is 11.0. The molecular weight excluding hydrogens is 302 g/mol. The summed E-state index contributed by atoms with van der Waals surface area (Å²) < 4.78 is 32.3. The van der Waals surface area contributed by atoms with E-state index >= 15 is 8.78 Å². The van der Waals surface area contributed by atoms with E-state index in [-0.39, 0.29) is 5.41 Å². The minimum absolute atomic E-state index is 0.174. The van der Waals surface area contributed by atoms with Crippen molar-refractivity contribution in [3.63, 3.8) is 0 Å². The molecule has 2 atom stereocenters. The van der Waals surface area contributed by atoms with Crippen molar-refractivity contribution in [2.75, 3.05) is 0 Å². The van der Waals surface area contributed by atoms with Gasteiger partial charge in [-0.25, -0.2) is 8.78 Å². The summed E-state index contributed by atoms with van der Waals surface area (Å²) >= 11 is 0. The molecule has 0 nitrogen and oxygen atoms in total. The van der Waals surface area contributed by atoms with E-state index in [9.17, 15) is 0 Å². The molecule has 0 heterocycles. The van der Waals surface area contributed by atoms with Crippen LogP contribution in [0.5, 0.6) is 0 Å². The first-order chi connectivity index (χ1) is 10.4. The lowest BCUT2D eigenvalue weighted by atomic mass is 9.45. The highest BCUT2D eigenvalue weighted by Crippen LogP contribution is 2.65. The standard InChI is InChI=1S/C22H42F2/c1-12-17(2,3)18(4,5)22(11,24)20(8,9)19(6,7)21(10,23)15-16-13-14-16/h16H,12-15H2,1-11H3. The molecule has 0 radical (unpaired) electrons. The van der Waals surface area contributed by atoms with Gasteiger partial charge in [0.25, 0.3) is 0 Å². The van der Waals surface area contributed by atoms with Crippen LogP contribution in [0, 0.1) is 27.6 Å². The molecule has 1 aliphatic rings. The minimum Gasteiger partial charge on any atom is -0.244 e. The summed E-state index contributed by atoms with van der Waals surface area (Å²) in [6, 6.07) is 0. The molecule has 0 amide bonds. The quantitative estimate of drug-likeness (QED) is 0.422. The fourth-order valence-corrected chi connectivity index (χ4v) is 4.22. The van der Waals surface area contributed by atoms with Gasteiger partial charge < -0.3 is 0 Å². The first kappa shape index (κ1) is 21.9. The van der Waals surface area contributed by atoms with E-state index in [1.165, 1.54) is 0 Å². The van der Waals surface area contributed by atoms with Crippen LogP contribution in [0.1, 0.15) is 102 Å². The summed E-state index contributed by atoms with van der Waals surface area (Å²) in [7, 11) is 0. The van der Waals surface area contributed by atoms with E-state index in [1.807, 2.05) is 41.5 Å². The first-order valence-corrected chi connectivity index (χ1v) is 9.77. The first-order valence-electron chi connectivity index (χ1n) is 9.77. The van der Waals surface area contributed by atoms with Gasteiger partial charge in [-0.1, -0.05) is 81.6 Å². The summed E-state index contributed by atoms with van der Waals surface area (Å²) in [5, 5.41) is 0. The number of alkyl halides is 2. The van der Waals surface area contributed by atoms with Crippen LogP contribution in [0.25, 0.3) is 0 Å². The van der Waals surface area contributed by atoms with Crippen LogP contribution in [0.3, 0.4) is 0 Å². The van der Waals surface area contributed by atoms with E-state index in [1.54, 1.807) is 13.8 Å². The average Bonchev–Trinajstić information content (AvgIpc) is 3.20. The molecule has 0 aromatic carbocycles. The predicted octanol–water partition coefficient (Wildman–Crippen LogP) is 7.76. The number of halogens is 2. The van der Waals surface area contributed by atoms with E-state index in [0.29, 0.717) is 12.3 Å². The summed E-state index contributed by atoms with van der Waals surface area (Å²) in [6.07, 6.45) is 3.69. The van der Waals surface area contributed by atoms with Crippen molar-refractivity contribution < 1.29 is 8.78 Å². The molecule has 1 rings (SSSR count). The Kier molecular flexibility index (Phi) is 5.43. The highest BCUT2D eigenvalue weighted by Gasteiger charge is 2.66. The lowest BCUT2D eigenvalue weighted by Crippen LogP contribution is -2.64. The van der Waals surface area contributed by atoms with Crippen molar-refractivity contribution in [3.05, 3.63) is 0 Å². The lowest BCUT2D eigenvalue weighted by molar-refractivity contribution is -0.200. The summed E-state index contributed by atoms with van der Waals surface area (Å²) in [5.74, 6) is 0.487. The van der Waals surface area contributed by atoms with Gasteiger partial charge in [-0.15, -0.1) is 0 Å². The minimum atomic E-state index is -1.51. The lowest BCUT2D eigenvalue weighted by Gasteiger charge is -2.62. The monoisotopic (exact) mass is 344 g/mol. The smallest absolute Gasteiger partial charge is 0.119 e. The van der Waals surface area contributed by atoms with Crippen LogP contribution in [0.15, 0.2) is 0 Å². The Hall–Kier alpha value is -0.140. The molecule has 0 bridgehead atoms. The fourth-order valence-electron chi connectivity index (χ4n) is 4.22. The second-order valence-electron chi connectivity index (χ2n) is 11.0. The van der Waals surface area contributed by atoms with Crippen molar-refractivity contribution in [3.8, 4) is 0 Å². The van der Waals surface area contributed by atoms with Crippen molar-refractivity contribution in [2.24, 2.45) is 27.6 Å². The Balaban J connectivity index is 3.33. The van der Waals surface area contributed by atoms with Crippen LogP contribution in [0.4, 0.5) is 8.78 Å². The Bertz CT molecular complexity index is 449. The Morgan fingerprint density at radius 2 is 1.12 bits per heavy atom. The number of rotatable bonds is 8. The maximum Gasteiger partial charge on any atom is 0.119 e. The Labute approximate surface area is 150 Å². The molecular formula is C22H42F2. The fraction of sp³-hybridized carbons (Fsp3) is 1.00. The molecule has 1 saturated carbocycles. The molecule has 0 saturated heterocycles. The van der Waals surface area contributed by atoms with Gasteiger partial charge in [0.15, 0.2) is 0 Å². The van der Waals surface area contributed by atoms with E-state index in [4.69, 9.17) is 0 Å². The van der Waals surface area contributed by atoms with Crippen molar-refractivity contribution in [1.29, 1.82) is 0 Å². The van der Waals surface area contributed by atoms with Crippen LogP contribution < -0.4 is 0 Å². The van der Waals surface area contributed by atoms with Crippen molar-refractivity contribution >= 4 is 0 Å². The SMILES string of the molecule is CCC(C)(C)C(C)(C)C(C)(F)C(C)(C)C(C)(C)C(C)(F)CC1CC1. The molecule has 0 N–H and O–H groups in total. The van der Waals surface area contributed by atoms with Gasteiger partial charge >= 0.3 is 0 Å². The Morgan fingerprint density at radius 3 is 1.46 bits per heavy atom. The second kappa shape index (κ2) is 5.95. The maximum atomic E-state index is 16.5.